The van der Waals surface area contributed by atoms with Gasteiger partial charge in [-0.3, -0.25) is 0 Å². The first kappa shape index (κ1) is 15.0. The molecule has 1 aliphatic heterocycles. The van der Waals surface area contributed by atoms with Crippen LogP contribution in [0.15, 0.2) is 12.1 Å². The van der Waals surface area contributed by atoms with Crippen LogP contribution in [0.25, 0.3) is 10.4 Å². The van der Waals surface area contributed by atoms with Crippen molar-refractivity contribution < 1.29 is 0 Å². The number of fused-ring (bicyclic) bond motifs is 1. The topological polar surface area (TPSA) is 74.7 Å². The fourth-order valence-electron chi connectivity index (χ4n) is 2.92. The predicted molar refractivity (Wildman–Crippen MR) is 90.6 cm³/mol. The van der Waals surface area contributed by atoms with Gasteiger partial charge in [-0.15, -0.1) is 11.3 Å². The number of anilines is 1. The summed E-state index contributed by atoms with van der Waals surface area (Å²) in [6, 6.07) is 6.54. The molecular formula is C17H20N4S. The Labute approximate surface area is 135 Å². The van der Waals surface area contributed by atoms with Gasteiger partial charge in [-0.25, -0.2) is 4.98 Å². The highest BCUT2D eigenvalue weighted by Gasteiger charge is 2.22. The van der Waals surface area contributed by atoms with Crippen LogP contribution in [0.1, 0.15) is 35.5 Å². The van der Waals surface area contributed by atoms with Gasteiger partial charge in [0.15, 0.2) is 0 Å². The molecule has 0 bridgehead atoms. The molecule has 5 heteroatoms. The first-order valence-electron chi connectivity index (χ1n) is 7.61. The normalized spacial score (nSPS) is 13.9. The molecule has 4 nitrogen and oxygen atoms in total. The third-order valence-electron chi connectivity index (χ3n) is 3.88. The van der Waals surface area contributed by atoms with Crippen LogP contribution in [0.3, 0.4) is 0 Å². The van der Waals surface area contributed by atoms with Gasteiger partial charge in [0.1, 0.15) is 17.5 Å². The van der Waals surface area contributed by atoms with Gasteiger partial charge in [0.25, 0.3) is 0 Å². The van der Waals surface area contributed by atoms with Crippen molar-refractivity contribution in [2.45, 2.75) is 33.2 Å². The molecule has 2 aromatic heterocycles. The van der Waals surface area contributed by atoms with Crippen LogP contribution in [0.2, 0.25) is 0 Å². The third-order valence-corrected chi connectivity index (χ3v) is 5.01. The van der Waals surface area contributed by atoms with E-state index >= 15 is 0 Å². The van der Waals surface area contributed by atoms with Gasteiger partial charge in [0, 0.05) is 40.5 Å². The highest BCUT2D eigenvalue weighted by atomic mass is 32.1. The molecule has 3 rings (SSSR count). The number of nitrogens with two attached hydrogens (primary N) is 1. The number of nitrogens with zero attached hydrogens (tertiary/aromatic N) is 2. The number of nitrogen functional groups attached to an aromatic ring is 1. The van der Waals surface area contributed by atoms with Crippen LogP contribution in [0.5, 0.6) is 0 Å². The lowest BCUT2D eigenvalue weighted by molar-refractivity contribution is 0.632. The Kier molecular flexibility index (Phi) is 4.14. The molecule has 0 aromatic carbocycles. The summed E-state index contributed by atoms with van der Waals surface area (Å²) in [6.45, 7) is 6.10. The Balaban J connectivity index is 2.14. The molecule has 114 valence electrons. The van der Waals surface area contributed by atoms with E-state index in [0.29, 0.717) is 17.3 Å². The van der Waals surface area contributed by atoms with Crippen molar-refractivity contribution in [1.82, 2.24) is 10.3 Å². The summed E-state index contributed by atoms with van der Waals surface area (Å²) >= 11 is 1.76. The fraction of sp³-hybridized carbons (Fsp3) is 0.412. The molecule has 0 amide bonds. The molecule has 22 heavy (non-hydrogen) atoms. The molecule has 0 atom stereocenters. The van der Waals surface area contributed by atoms with Crippen molar-refractivity contribution in [2.75, 3.05) is 12.3 Å². The van der Waals surface area contributed by atoms with Crippen molar-refractivity contribution in [3.05, 3.63) is 33.8 Å². The van der Waals surface area contributed by atoms with Crippen LogP contribution < -0.4 is 11.1 Å². The van der Waals surface area contributed by atoms with Gasteiger partial charge < -0.3 is 11.1 Å². The zero-order valence-corrected chi connectivity index (χ0v) is 13.8. The average molecular weight is 312 g/mol. The Morgan fingerprint density at radius 3 is 3.00 bits per heavy atom. The number of hydrogen-bond donors (Lipinski definition) is 2. The second-order valence-corrected chi connectivity index (χ2v) is 7.24. The van der Waals surface area contributed by atoms with Gasteiger partial charge in [0.05, 0.1) is 0 Å². The Morgan fingerprint density at radius 2 is 2.27 bits per heavy atom. The highest BCUT2D eigenvalue weighted by molar-refractivity contribution is 7.15. The molecule has 0 unspecified atom stereocenters. The van der Waals surface area contributed by atoms with Gasteiger partial charge >= 0.3 is 0 Å². The van der Waals surface area contributed by atoms with E-state index in [1.54, 1.807) is 11.3 Å². The first-order valence-corrected chi connectivity index (χ1v) is 8.43. The van der Waals surface area contributed by atoms with Gasteiger partial charge in [0.2, 0.25) is 0 Å². The van der Waals surface area contributed by atoms with Crippen LogP contribution in [0, 0.1) is 17.2 Å². The van der Waals surface area contributed by atoms with Crippen LogP contribution in [-0.4, -0.2) is 11.5 Å². The molecule has 1 aliphatic rings. The SMILES string of the molecule is CC(C)Cc1ccc(-c2c(C#N)c(N)nc3c2CNCC3)s1. The van der Waals surface area contributed by atoms with E-state index < -0.39 is 0 Å². The van der Waals surface area contributed by atoms with Crippen LogP contribution in [0.4, 0.5) is 5.82 Å². The number of rotatable bonds is 3. The summed E-state index contributed by atoms with van der Waals surface area (Å²) in [5, 5.41) is 12.9. The van der Waals surface area contributed by atoms with Gasteiger partial charge in [-0.2, -0.15) is 5.26 Å². The van der Waals surface area contributed by atoms with Crippen LogP contribution in [-0.2, 0) is 19.4 Å². The van der Waals surface area contributed by atoms with Crippen LogP contribution >= 0.6 is 11.3 Å². The molecular weight excluding hydrogens is 292 g/mol. The van der Waals surface area contributed by atoms with E-state index in [1.165, 1.54) is 4.88 Å². The number of thiophene rings is 1. The minimum Gasteiger partial charge on any atom is -0.383 e. The molecule has 0 radical (unpaired) electrons. The maximum atomic E-state index is 9.53. The van der Waals surface area contributed by atoms with Crippen molar-refractivity contribution in [3.8, 4) is 16.5 Å². The summed E-state index contributed by atoms with van der Waals surface area (Å²) in [7, 11) is 0. The predicted octanol–water partition coefficient (Wildman–Crippen LogP) is 3.11. The first-order chi connectivity index (χ1) is 10.6. The van der Waals surface area contributed by atoms with Crippen molar-refractivity contribution >= 4 is 17.2 Å². The smallest absolute Gasteiger partial charge is 0.142 e. The Bertz CT molecular complexity index is 740. The summed E-state index contributed by atoms with van der Waals surface area (Å²) < 4.78 is 0. The van der Waals surface area contributed by atoms with E-state index in [2.05, 4.69) is 42.4 Å². The molecule has 0 fully saturated rings. The second kappa shape index (κ2) is 6.07. The summed E-state index contributed by atoms with van der Waals surface area (Å²) in [6.07, 6.45) is 1.93. The van der Waals surface area contributed by atoms with E-state index in [1.807, 2.05) is 0 Å². The zero-order valence-electron chi connectivity index (χ0n) is 12.9. The molecule has 0 aliphatic carbocycles. The number of pyridine rings is 1. The summed E-state index contributed by atoms with van der Waals surface area (Å²) in [4.78, 5) is 6.92. The second-order valence-electron chi connectivity index (χ2n) is 6.07. The standard InChI is InChI=1S/C17H20N4S/c1-10(2)7-11-3-4-15(22-11)16-12(8-18)17(19)21-14-5-6-20-9-13(14)16/h3-4,10,20H,5-7,9H2,1-2H3,(H2,19,21). The number of nitriles is 1. The zero-order chi connectivity index (χ0) is 15.7. The summed E-state index contributed by atoms with van der Waals surface area (Å²) in [5.74, 6) is 0.983. The maximum Gasteiger partial charge on any atom is 0.142 e. The van der Waals surface area contributed by atoms with Crippen molar-refractivity contribution in [1.29, 1.82) is 5.26 Å². The number of hydrogen-bond acceptors (Lipinski definition) is 5. The minimum atomic E-state index is 0.358. The number of aromatic nitrogens is 1. The lowest BCUT2D eigenvalue weighted by Crippen LogP contribution is -2.26. The Hall–Kier alpha value is -1.90. The van der Waals surface area contributed by atoms with E-state index in [9.17, 15) is 5.26 Å². The molecule has 3 N–H and O–H groups in total. The lowest BCUT2D eigenvalue weighted by atomic mass is 9.96. The highest BCUT2D eigenvalue weighted by Crippen LogP contribution is 2.37. The third kappa shape index (κ3) is 2.72. The minimum absolute atomic E-state index is 0.358. The molecule has 0 spiro atoms. The monoisotopic (exact) mass is 312 g/mol. The van der Waals surface area contributed by atoms with E-state index in [0.717, 1.165) is 47.6 Å². The molecule has 2 aromatic rings. The quantitative estimate of drug-likeness (QED) is 0.913. The number of nitrogens with one attached hydrogen (secondary N) is 1. The fourth-order valence-corrected chi connectivity index (χ4v) is 4.22. The average Bonchev–Trinajstić information content (AvgIpc) is 2.93. The molecule has 0 saturated carbocycles. The maximum absolute atomic E-state index is 9.53. The van der Waals surface area contributed by atoms with Crippen molar-refractivity contribution in [3.63, 3.8) is 0 Å². The summed E-state index contributed by atoms with van der Waals surface area (Å²) in [5.41, 5.74) is 9.69. The lowest BCUT2D eigenvalue weighted by Gasteiger charge is -2.21. The van der Waals surface area contributed by atoms with Gasteiger partial charge in [-0.05, 0) is 30.0 Å². The largest absolute Gasteiger partial charge is 0.383 e. The molecule has 0 saturated heterocycles. The van der Waals surface area contributed by atoms with Crippen molar-refractivity contribution in [2.24, 2.45) is 5.92 Å². The van der Waals surface area contributed by atoms with E-state index in [4.69, 9.17) is 5.73 Å². The van der Waals surface area contributed by atoms with E-state index in [-0.39, 0.29) is 0 Å². The van der Waals surface area contributed by atoms with Gasteiger partial charge in [-0.1, -0.05) is 13.8 Å². The molecule has 3 heterocycles. The Morgan fingerprint density at radius 1 is 1.45 bits per heavy atom.